The average Bonchev–Trinajstić information content (AvgIpc) is 2.21. The zero-order valence-electron chi connectivity index (χ0n) is 8.51. The molecule has 0 aromatic heterocycles. The molecule has 0 aromatic carbocycles. The van der Waals surface area contributed by atoms with Crippen LogP contribution in [0.1, 0.15) is 0 Å². The number of carboxylic acids is 1. The molecule has 1 N–H and O–H groups in total. The van der Waals surface area contributed by atoms with Crippen molar-refractivity contribution in [1.82, 2.24) is 0 Å². The third kappa shape index (κ3) is 2.74. The van der Waals surface area contributed by atoms with E-state index in [-0.39, 0.29) is 0 Å². The molecule has 2 aliphatic rings. The summed E-state index contributed by atoms with van der Waals surface area (Å²) >= 11 is 0. The van der Waals surface area contributed by atoms with Crippen LogP contribution >= 0.6 is 0 Å². The van der Waals surface area contributed by atoms with Gasteiger partial charge in [0.25, 0.3) is 6.17 Å². The van der Waals surface area contributed by atoms with E-state index in [1.807, 2.05) is 0 Å². The van der Waals surface area contributed by atoms with Crippen molar-refractivity contribution in [3.05, 3.63) is 24.3 Å². The lowest BCUT2D eigenvalue weighted by Gasteiger charge is -2.18. The molecule has 0 spiro atoms. The first-order chi connectivity index (χ1) is 8.06. The third-order valence-electron chi connectivity index (χ3n) is 2.11. The Bertz CT molecular complexity index is 416. The molecule has 18 heavy (non-hydrogen) atoms. The zero-order valence-corrected chi connectivity index (χ0v) is 8.51. The van der Waals surface area contributed by atoms with Crippen molar-refractivity contribution in [3.63, 3.8) is 0 Å². The number of hydrogen-bond donors (Lipinski definition) is 1. The van der Waals surface area contributed by atoms with Crippen molar-refractivity contribution in [2.24, 2.45) is 0 Å². The van der Waals surface area contributed by atoms with Gasteiger partial charge < -0.3 is 5.11 Å². The van der Waals surface area contributed by atoms with E-state index in [1.165, 1.54) is 11.1 Å². The predicted octanol–water partition coefficient (Wildman–Crippen LogP) is 3.27. The summed E-state index contributed by atoms with van der Waals surface area (Å²) in [6.45, 7) is 0. The summed E-state index contributed by atoms with van der Waals surface area (Å²) in [5, 5.41) is 7.48. The van der Waals surface area contributed by atoms with Crippen LogP contribution in [0.2, 0.25) is 0 Å². The van der Waals surface area contributed by atoms with Crippen LogP contribution in [0.4, 0.5) is 26.3 Å². The minimum atomic E-state index is -5.87. The van der Waals surface area contributed by atoms with Gasteiger partial charge in [-0.05, 0) is 11.1 Å². The molecule has 1 unspecified atom stereocenters. The zero-order chi connectivity index (χ0) is 14.1. The molecule has 2 rings (SSSR count). The quantitative estimate of drug-likeness (QED) is 0.852. The minimum Gasteiger partial charge on any atom is -0.477 e. The average molecular weight is 272 g/mol. The summed E-state index contributed by atoms with van der Waals surface area (Å²) in [5.41, 5.74) is 2.85. The smallest absolute Gasteiger partial charge is 0.426 e. The SMILES string of the molecule is O=C(O)C(F)(F)C(F)C(F)(F)F.c1cc2ccc1-2. The molecule has 0 saturated heterocycles. The van der Waals surface area contributed by atoms with Crippen molar-refractivity contribution in [2.75, 3.05) is 0 Å². The van der Waals surface area contributed by atoms with Crippen LogP contribution in [-0.2, 0) is 4.79 Å². The fourth-order valence-electron chi connectivity index (χ4n) is 0.977. The second-order valence-electron chi connectivity index (χ2n) is 3.41. The van der Waals surface area contributed by atoms with Gasteiger partial charge in [0.05, 0.1) is 0 Å². The van der Waals surface area contributed by atoms with Crippen LogP contribution in [-0.4, -0.2) is 29.3 Å². The molecular weight excluding hydrogens is 266 g/mol. The van der Waals surface area contributed by atoms with Crippen LogP contribution in [0.3, 0.4) is 0 Å². The molecule has 0 saturated carbocycles. The highest BCUT2D eigenvalue weighted by molar-refractivity contribution is 5.76. The molecule has 1 atom stereocenters. The predicted molar refractivity (Wildman–Crippen MR) is 49.0 cm³/mol. The first-order valence-corrected chi connectivity index (χ1v) is 4.49. The number of fused-ring (bicyclic) bond motifs is 1. The number of halogens is 6. The highest BCUT2D eigenvalue weighted by Gasteiger charge is 2.61. The fourth-order valence-corrected chi connectivity index (χ4v) is 0.977. The van der Waals surface area contributed by atoms with Crippen molar-refractivity contribution in [1.29, 1.82) is 0 Å². The summed E-state index contributed by atoms with van der Waals surface area (Å²) < 4.78 is 68.7. The van der Waals surface area contributed by atoms with Gasteiger partial charge in [-0.3, -0.25) is 0 Å². The van der Waals surface area contributed by atoms with E-state index < -0.39 is 24.2 Å². The molecular formula is C10H6F6O2. The fraction of sp³-hybridized carbons (Fsp3) is 0.300. The molecule has 0 heterocycles. The highest BCUT2D eigenvalue weighted by Crippen LogP contribution is 2.34. The van der Waals surface area contributed by atoms with Crippen LogP contribution < -0.4 is 0 Å². The first-order valence-electron chi connectivity index (χ1n) is 4.49. The molecule has 0 radical (unpaired) electrons. The summed E-state index contributed by atoms with van der Waals surface area (Å²) in [6, 6.07) is 8.48. The number of carbonyl (C=O) groups is 1. The Hall–Kier alpha value is -1.73. The Labute approximate surface area is 96.8 Å². The molecule has 0 amide bonds. The van der Waals surface area contributed by atoms with Crippen LogP contribution in [0.25, 0.3) is 11.1 Å². The molecule has 0 fully saturated rings. The lowest BCUT2D eigenvalue weighted by Crippen LogP contribution is -2.47. The van der Waals surface area contributed by atoms with E-state index in [9.17, 15) is 31.1 Å². The largest absolute Gasteiger partial charge is 0.477 e. The van der Waals surface area contributed by atoms with Gasteiger partial charge in [0.2, 0.25) is 0 Å². The van der Waals surface area contributed by atoms with Crippen LogP contribution in [0.15, 0.2) is 24.3 Å². The highest BCUT2D eigenvalue weighted by atomic mass is 19.4. The van der Waals surface area contributed by atoms with Gasteiger partial charge in [0.15, 0.2) is 0 Å². The van der Waals surface area contributed by atoms with Gasteiger partial charge in [0, 0.05) is 0 Å². The van der Waals surface area contributed by atoms with E-state index in [0.29, 0.717) is 0 Å². The Morgan fingerprint density at radius 1 is 1.00 bits per heavy atom. The van der Waals surface area contributed by atoms with E-state index in [0.717, 1.165) is 0 Å². The van der Waals surface area contributed by atoms with E-state index in [2.05, 4.69) is 24.3 Å². The summed E-state index contributed by atoms with van der Waals surface area (Å²) in [6.07, 6.45) is -10.6. The number of hydrogen-bond acceptors (Lipinski definition) is 1. The maximum Gasteiger partial charge on any atom is 0.426 e. The Morgan fingerprint density at radius 2 is 1.33 bits per heavy atom. The summed E-state index contributed by atoms with van der Waals surface area (Å²) in [5.74, 6) is -8.58. The maximum atomic E-state index is 11.7. The van der Waals surface area contributed by atoms with Crippen molar-refractivity contribution in [3.8, 4) is 11.1 Å². The summed E-state index contributed by atoms with van der Waals surface area (Å²) in [4.78, 5) is 9.42. The molecule has 100 valence electrons. The number of carboxylic acid groups (broad SMARTS) is 1. The topological polar surface area (TPSA) is 37.3 Å². The van der Waals surface area contributed by atoms with Gasteiger partial charge in [-0.1, -0.05) is 24.3 Å². The Balaban J connectivity index is 0.000000217. The normalized spacial score (nSPS) is 14.3. The van der Waals surface area contributed by atoms with E-state index in [1.54, 1.807) is 0 Å². The molecule has 2 nitrogen and oxygen atoms in total. The van der Waals surface area contributed by atoms with Crippen molar-refractivity contribution in [2.45, 2.75) is 18.3 Å². The standard InChI is InChI=1S/C6H4.C4H2F6O2/c1-2-6-4-3-5(1)6;5-1(4(8,9)10)3(6,7)2(11)12/h1-4H;1H,(H,11,12). The molecule has 0 aliphatic heterocycles. The molecule has 0 aromatic rings. The van der Waals surface area contributed by atoms with Crippen molar-refractivity contribution < 1.29 is 36.2 Å². The number of benzene rings is 1. The second-order valence-corrected chi connectivity index (χ2v) is 3.41. The second kappa shape index (κ2) is 4.51. The molecule has 8 heteroatoms. The van der Waals surface area contributed by atoms with Gasteiger partial charge in [0.1, 0.15) is 0 Å². The van der Waals surface area contributed by atoms with Crippen LogP contribution in [0.5, 0.6) is 0 Å². The number of alkyl halides is 6. The van der Waals surface area contributed by atoms with Gasteiger partial charge in [-0.15, -0.1) is 0 Å². The third-order valence-corrected chi connectivity index (χ3v) is 2.11. The van der Waals surface area contributed by atoms with Crippen LogP contribution in [0, 0.1) is 0 Å². The van der Waals surface area contributed by atoms with Gasteiger partial charge >= 0.3 is 18.1 Å². The first kappa shape index (κ1) is 14.3. The monoisotopic (exact) mass is 272 g/mol. The summed E-state index contributed by atoms with van der Waals surface area (Å²) in [7, 11) is 0. The number of rotatable bonds is 2. The lowest BCUT2D eigenvalue weighted by molar-refractivity contribution is -0.247. The van der Waals surface area contributed by atoms with Gasteiger partial charge in [-0.25, -0.2) is 9.18 Å². The Morgan fingerprint density at radius 3 is 1.39 bits per heavy atom. The minimum absolute atomic E-state index is 1.43. The number of aliphatic carboxylic acids is 1. The maximum absolute atomic E-state index is 11.7. The van der Waals surface area contributed by atoms with E-state index >= 15 is 0 Å². The van der Waals surface area contributed by atoms with Crippen molar-refractivity contribution >= 4 is 5.97 Å². The molecule has 2 aliphatic carbocycles. The molecule has 0 bridgehead atoms. The van der Waals surface area contributed by atoms with Gasteiger partial charge in [-0.2, -0.15) is 22.0 Å². The van der Waals surface area contributed by atoms with E-state index in [4.69, 9.17) is 5.11 Å². The lowest BCUT2D eigenvalue weighted by atomic mass is 9.95. The Kier molecular flexibility index (Phi) is 3.59.